The van der Waals surface area contributed by atoms with Crippen molar-refractivity contribution in [1.82, 2.24) is 5.32 Å². The Kier molecular flexibility index (Phi) is 4.62. The molecule has 5 nitrogen and oxygen atoms in total. The van der Waals surface area contributed by atoms with Crippen molar-refractivity contribution in [3.05, 3.63) is 51.1 Å². The van der Waals surface area contributed by atoms with E-state index in [0.717, 1.165) is 25.3 Å². The second kappa shape index (κ2) is 6.43. The lowest BCUT2D eigenvalue weighted by Crippen LogP contribution is -2.27. The van der Waals surface area contributed by atoms with Crippen LogP contribution in [0.3, 0.4) is 0 Å². The predicted octanol–water partition coefficient (Wildman–Crippen LogP) is 3.10. The number of amides is 1. The maximum absolute atomic E-state index is 13.8. The van der Waals surface area contributed by atoms with E-state index in [2.05, 4.69) is 11.4 Å². The monoisotopic (exact) mass is 296 g/mol. The van der Waals surface area contributed by atoms with E-state index in [1.807, 2.05) is 0 Å². The van der Waals surface area contributed by atoms with Crippen LogP contribution in [-0.4, -0.2) is 17.4 Å². The predicted molar refractivity (Wildman–Crippen MR) is 71.9 cm³/mol. The molecule has 1 N–H and O–H groups in total. The second-order valence-electron chi connectivity index (χ2n) is 4.77. The number of hydrogen-bond acceptors (Lipinski definition) is 3. The number of hydrogen-bond donors (Lipinski definition) is 1. The molecule has 0 atom stereocenters. The van der Waals surface area contributed by atoms with Crippen LogP contribution in [0.4, 0.5) is 14.5 Å². The highest BCUT2D eigenvalue weighted by Crippen LogP contribution is 2.23. The van der Waals surface area contributed by atoms with Gasteiger partial charge in [0, 0.05) is 12.6 Å². The fourth-order valence-corrected chi connectivity index (χ4v) is 2.28. The van der Waals surface area contributed by atoms with Crippen molar-refractivity contribution < 1.29 is 18.5 Å². The molecule has 0 radical (unpaired) electrons. The number of nitrogens with one attached hydrogen (secondary N) is 1. The molecule has 1 amide bonds. The standard InChI is InChI=1S/C14H14F2N2O3/c15-10-5-6-11(18(20)21)13(16)12(10)14(19)17-8-7-9-3-1-2-4-9/h3,5-6H,1-2,4,7-8H2,(H,17,19). The molecule has 0 fully saturated rings. The minimum absolute atomic E-state index is 0.242. The van der Waals surface area contributed by atoms with Crippen molar-refractivity contribution >= 4 is 11.6 Å². The van der Waals surface area contributed by atoms with Crippen LogP contribution in [-0.2, 0) is 0 Å². The molecule has 0 unspecified atom stereocenters. The summed E-state index contributed by atoms with van der Waals surface area (Å²) in [6.07, 6.45) is 5.76. The Morgan fingerprint density at radius 1 is 1.38 bits per heavy atom. The average Bonchev–Trinajstić information content (AvgIpc) is 2.91. The number of benzene rings is 1. The zero-order chi connectivity index (χ0) is 15.4. The van der Waals surface area contributed by atoms with E-state index in [4.69, 9.17) is 0 Å². The van der Waals surface area contributed by atoms with Gasteiger partial charge in [-0.05, 0) is 31.7 Å². The third-order valence-electron chi connectivity index (χ3n) is 3.36. The highest BCUT2D eigenvalue weighted by molar-refractivity contribution is 5.95. The van der Waals surface area contributed by atoms with Crippen molar-refractivity contribution in [3.63, 3.8) is 0 Å². The molecule has 2 rings (SSSR count). The van der Waals surface area contributed by atoms with Crippen LogP contribution in [0.25, 0.3) is 0 Å². The van der Waals surface area contributed by atoms with Crippen LogP contribution in [0.1, 0.15) is 36.0 Å². The van der Waals surface area contributed by atoms with E-state index in [1.54, 1.807) is 0 Å². The number of allylic oxidation sites excluding steroid dienone is 1. The van der Waals surface area contributed by atoms with Gasteiger partial charge in [-0.3, -0.25) is 14.9 Å². The summed E-state index contributed by atoms with van der Waals surface area (Å²) in [5, 5.41) is 13.0. The molecule has 0 spiro atoms. The van der Waals surface area contributed by atoms with Gasteiger partial charge in [-0.25, -0.2) is 4.39 Å². The Morgan fingerprint density at radius 3 is 2.76 bits per heavy atom. The lowest BCUT2D eigenvalue weighted by atomic mass is 10.1. The number of halogens is 2. The minimum Gasteiger partial charge on any atom is -0.352 e. The zero-order valence-corrected chi connectivity index (χ0v) is 11.2. The maximum Gasteiger partial charge on any atom is 0.305 e. The van der Waals surface area contributed by atoms with Crippen molar-refractivity contribution in [2.24, 2.45) is 0 Å². The molecule has 112 valence electrons. The molecule has 0 aliphatic heterocycles. The molecule has 1 aromatic carbocycles. The molecule has 7 heteroatoms. The van der Waals surface area contributed by atoms with E-state index >= 15 is 0 Å². The quantitative estimate of drug-likeness (QED) is 0.515. The second-order valence-corrected chi connectivity index (χ2v) is 4.77. The van der Waals surface area contributed by atoms with E-state index in [1.165, 1.54) is 5.57 Å². The van der Waals surface area contributed by atoms with Crippen LogP contribution in [0.2, 0.25) is 0 Å². The average molecular weight is 296 g/mol. The van der Waals surface area contributed by atoms with Gasteiger partial charge < -0.3 is 5.32 Å². The summed E-state index contributed by atoms with van der Waals surface area (Å²) < 4.78 is 27.3. The van der Waals surface area contributed by atoms with Gasteiger partial charge in [0.15, 0.2) is 0 Å². The molecule has 0 saturated heterocycles. The van der Waals surface area contributed by atoms with Crippen molar-refractivity contribution in [1.29, 1.82) is 0 Å². The Balaban J connectivity index is 2.07. The summed E-state index contributed by atoms with van der Waals surface area (Å²) >= 11 is 0. The van der Waals surface area contributed by atoms with Crippen LogP contribution >= 0.6 is 0 Å². The molecule has 0 aromatic heterocycles. The first-order valence-electron chi connectivity index (χ1n) is 6.59. The minimum atomic E-state index is -1.45. The molecule has 1 aromatic rings. The number of rotatable bonds is 5. The summed E-state index contributed by atoms with van der Waals surface area (Å²) in [4.78, 5) is 21.4. The number of carbonyl (C=O) groups is 1. The topological polar surface area (TPSA) is 72.2 Å². The van der Waals surface area contributed by atoms with Crippen LogP contribution in [0, 0.1) is 21.7 Å². The number of carbonyl (C=O) groups excluding carboxylic acids is 1. The molecule has 0 saturated carbocycles. The number of nitro groups is 1. The third-order valence-corrected chi connectivity index (χ3v) is 3.36. The summed E-state index contributed by atoms with van der Waals surface area (Å²) in [5.74, 6) is -3.54. The maximum atomic E-state index is 13.8. The van der Waals surface area contributed by atoms with Gasteiger partial charge in [0.05, 0.1) is 4.92 Å². The number of nitro benzene ring substituents is 1. The SMILES string of the molecule is O=C(NCCC1=CCCC1)c1c(F)ccc([N+](=O)[O-])c1F. The summed E-state index contributed by atoms with van der Waals surface area (Å²) in [7, 11) is 0. The number of nitrogens with zero attached hydrogens (tertiary/aromatic N) is 1. The molecule has 1 aliphatic carbocycles. The summed E-state index contributed by atoms with van der Waals surface area (Å²) in [6.45, 7) is 0.242. The van der Waals surface area contributed by atoms with E-state index < -0.39 is 33.7 Å². The summed E-state index contributed by atoms with van der Waals surface area (Å²) in [6, 6.07) is 1.42. The van der Waals surface area contributed by atoms with Gasteiger partial charge in [0.1, 0.15) is 11.4 Å². The fraction of sp³-hybridized carbons (Fsp3) is 0.357. The largest absolute Gasteiger partial charge is 0.352 e. The van der Waals surface area contributed by atoms with Gasteiger partial charge in [-0.15, -0.1) is 0 Å². The van der Waals surface area contributed by atoms with Crippen molar-refractivity contribution in [3.8, 4) is 0 Å². The Bertz CT molecular complexity index is 614. The van der Waals surface area contributed by atoms with Gasteiger partial charge in [-0.1, -0.05) is 11.6 Å². The molecular weight excluding hydrogens is 282 g/mol. The molecule has 1 aliphatic rings. The van der Waals surface area contributed by atoms with Crippen LogP contribution in [0.5, 0.6) is 0 Å². The van der Waals surface area contributed by atoms with Gasteiger partial charge in [-0.2, -0.15) is 4.39 Å². The Labute approximate surface area is 119 Å². The van der Waals surface area contributed by atoms with Gasteiger partial charge in [0.2, 0.25) is 5.82 Å². The van der Waals surface area contributed by atoms with Crippen molar-refractivity contribution in [2.45, 2.75) is 25.7 Å². The van der Waals surface area contributed by atoms with E-state index in [9.17, 15) is 23.7 Å². The first kappa shape index (κ1) is 15.1. The lowest BCUT2D eigenvalue weighted by molar-refractivity contribution is -0.387. The van der Waals surface area contributed by atoms with E-state index in [0.29, 0.717) is 12.5 Å². The lowest BCUT2D eigenvalue weighted by Gasteiger charge is -2.07. The summed E-state index contributed by atoms with van der Waals surface area (Å²) in [5.41, 5.74) is -0.625. The van der Waals surface area contributed by atoms with Crippen LogP contribution < -0.4 is 5.32 Å². The highest BCUT2D eigenvalue weighted by Gasteiger charge is 2.25. The van der Waals surface area contributed by atoms with Gasteiger partial charge >= 0.3 is 5.69 Å². The van der Waals surface area contributed by atoms with E-state index in [-0.39, 0.29) is 6.54 Å². The molecular formula is C14H14F2N2O3. The van der Waals surface area contributed by atoms with Crippen LogP contribution in [0.15, 0.2) is 23.8 Å². The molecule has 0 bridgehead atoms. The third kappa shape index (κ3) is 3.42. The zero-order valence-electron chi connectivity index (χ0n) is 11.2. The molecule has 0 heterocycles. The molecule has 21 heavy (non-hydrogen) atoms. The first-order valence-corrected chi connectivity index (χ1v) is 6.59. The first-order chi connectivity index (χ1) is 10.0. The van der Waals surface area contributed by atoms with Gasteiger partial charge in [0.25, 0.3) is 5.91 Å². The fourth-order valence-electron chi connectivity index (χ4n) is 2.28. The highest BCUT2D eigenvalue weighted by atomic mass is 19.1. The smallest absolute Gasteiger partial charge is 0.305 e. The Hall–Kier alpha value is -2.31. The van der Waals surface area contributed by atoms with Crippen molar-refractivity contribution in [2.75, 3.05) is 6.54 Å². The Morgan fingerprint density at radius 2 is 2.14 bits per heavy atom. The normalized spacial score (nSPS) is 13.9.